The van der Waals surface area contributed by atoms with Crippen LogP contribution in [0.5, 0.6) is 0 Å². The summed E-state index contributed by atoms with van der Waals surface area (Å²) in [5, 5.41) is 10.2. The molecule has 4 aliphatic rings. The number of alkyl halides is 2. The van der Waals surface area contributed by atoms with Crippen molar-refractivity contribution in [1.29, 1.82) is 0 Å². The van der Waals surface area contributed by atoms with Crippen molar-refractivity contribution in [1.82, 2.24) is 32.3 Å². The van der Waals surface area contributed by atoms with Gasteiger partial charge in [0.1, 0.15) is 6.23 Å². The smallest absolute Gasteiger partial charge is 0.237 e. The Morgan fingerprint density at radius 2 is 1.85 bits per heavy atom. The van der Waals surface area contributed by atoms with E-state index in [1.807, 2.05) is 0 Å². The molecule has 9 nitrogen and oxygen atoms in total. The highest BCUT2D eigenvalue weighted by Crippen LogP contribution is 2.34. The van der Waals surface area contributed by atoms with E-state index >= 15 is 0 Å². The number of nitrogens with one attached hydrogen (secondary N) is 6. The van der Waals surface area contributed by atoms with Crippen molar-refractivity contribution in [3.05, 3.63) is 0 Å². The number of carbonyl (C=O) groups excluding carboxylic acids is 2. The zero-order chi connectivity index (χ0) is 23.9. The largest absolute Gasteiger partial charge is 0.356 e. The lowest BCUT2D eigenvalue weighted by Crippen LogP contribution is -2.64. The summed E-state index contributed by atoms with van der Waals surface area (Å²) in [6, 6.07) is 0. The van der Waals surface area contributed by atoms with Crippen molar-refractivity contribution in [2.45, 2.75) is 99.9 Å². The van der Waals surface area contributed by atoms with Gasteiger partial charge < -0.3 is 10.6 Å². The molecule has 0 bridgehead atoms. The Kier molecular flexibility index (Phi) is 10.1. The third-order valence-electron chi connectivity index (χ3n) is 7.65. The first kappa shape index (κ1) is 26.4. The number of hydroxylamine groups is 1. The van der Waals surface area contributed by atoms with Gasteiger partial charge in [0.05, 0.1) is 12.3 Å². The summed E-state index contributed by atoms with van der Waals surface area (Å²) in [5.74, 6) is 1.02. The number of halogens is 2. The van der Waals surface area contributed by atoms with Crippen molar-refractivity contribution in [2.24, 2.45) is 17.8 Å². The van der Waals surface area contributed by atoms with E-state index in [1.54, 1.807) is 0 Å². The molecule has 0 aromatic rings. The molecular formula is C23H40Cl2N6O3. The Bertz CT molecular complexity index is 679. The van der Waals surface area contributed by atoms with E-state index in [9.17, 15) is 9.59 Å². The highest BCUT2D eigenvalue weighted by Gasteiger charge is 2.39. The molecule has 0 aromatic heterocycles. The molecule has 7 atom stereocenters. The predicted molar refractivity (Wildman–Crippen MR) is 132 cm³/mol. The summed E-state index contributed by atoms with van der Waals surface area (Å²) in [7, 11) is 0. The fourth-order valence-electron chi connectivity index (χ4n) is 5.84. The molecule has 0 spiro atoms. The van der Waals surface area contributed by atoms with E-state index in [-0.39, 0.29) is 47.0 Å². The Balaban J connectivity index is 1.03. The van der Waals surface area contributed by atoms with Crippen molar-refractivity contribution in [2.75, 3.05) is 13.1 Å². The van der Waals surface area contributed by atoms with Gasteiger partial charge in [0.2, 0.25) is 11.8 Å². The van der Waals surface area contributed by atoms with Crippen LogP contribution >= 0.6 is 23.2 Å². The lowest BCUT2D eigenvalue weighted by molar-refractivity contribution is -0.134. The van der Waals surface area contributed by atoms with Crippen molar-refractivity contribution < 1.29 is 14.4 Å². The fraction of sp³-hybridized carbons (Fsp3) is 0.913. The van der Waals surface area contributed by atoms with Crippen LogP contribution in [0.3, 0.4) is 0 Å². The molecule has 0 aromatic carbocycles. The molecule has 2 saturated carbocycles. The van der Waals surface area contributed by atoms with E-state index in [2.05, 4.69) is 32.3 Å². The van der Waals surface area contributed by atoms with E-state index < -0.39 is 0 Å². The van der Waals surface area contributed by atoms with Crippen LogP contribution < -0.4 is 32.3 Å². The molecule has 6 N–H and O–H groups in total. The summed E-state index contributed by atoms with van der Waals surface area (Å²) < 4.78 is 0. The minimum atomic E-state index is -0.0985. The first-order valence-electron chi connectivity index (χ1n) is 13.0. The number of carbonyl (C=O) groups is 2. The molecular weight excluding hydrogens is 479 g/mol. The predicted octanol–water partition coefficient (Wildman–Crippen LogP) is 1.81. The zero-order valence-corrected chi connectivity index (χ0v) is 21.3. The molecule has 4 rings (SSSR count). The van der Waals surface area contributed by atoms with E-state index in [0.29, 0.717) is 24.8 Å². The standard InChI is InChI=1S/C23H40Cl2N6O3/c24-15-11-14(12-16(25)13-15)21-28-20(34-31-21)8-3-7-19(32)26-9-4-10-27-22-17-5-1-2-6-18(17)23(33)30-29-22/h14-18,20-22,27-29,31H,1-13H2,(H,26,32)(H,30,33). The topological polar surface area (TPSA) is 116 Å². The molecule has 194 valence electrons. The molecule has 7 unspecified atom stereocenters. The molecule has 2 aliphatic heterocycles. The normalized spacial score (nSPS) is 38.2. The van der Waals surface area contributed by atoms with Crippen molar-refractivity contribution in [3.63, 3.8) is 0 Å². The van der Waals surface area contributed by atoms with Crippen LogP contribution in [0.4, 0.5) is 0 Å². The minimum Gasteiger partial charge on any atom is -0.356 e. The summed E-state index contributed by atoms with van der Waals surface area (Å²) in [6.07, 6.45) is 10.0. The average molecular weight is 520 g/mol. The van der Waals surface area contributed by atoms with Crippen LogP contribution in [0.1, 0.15) is 70.6 Å². The second-order valence-corrected chi connectivity index (χ2v) is 11.5. The Hall–Kier alpha value is -0.680. The number of hydrogen-bond acceptors (Lipinski definition) is 7. The van der Waals surface area contributed by atoms with Crippen LogP contribution in [0.2, 0.25) is 0 Å². The molecule has 2 aliphatic carbocycles. The van der Waals surface area contributed by atoms with Crippen LogP contribution in [0, 0.1) is 17.8 Å². The van der Waals surface area contributed by atoms with Crippen LogP contribution in [0.25, 0.3) is 0 Å². The van der Waals surface area contributed by atoms with Gasteiger partial charge in [-0.3, -0.25) is 25.2 Å². The van der Waals surface area contributed by atoms with Gasteiger partial charge in [0, 0.05) is 35.6 Å². The lowest BCUT2D eigenvalue weighted by atomic mass is 9.76. The zero-order valence-electron chi connectivity index (χ0n) is 19.8. The van der Waals surface area contributed by atoms with E-state index in [4.69, 9.17) is 28.0 Å². The molecule has 0 radical (unpaired) electrons. The first-order chi connectivity index (χ1) is 16.5. The summed E-state index contributed by atoms with van der Waals surface area (Å²) in [5.41, 5.74) is 9.01. The second-order valence-electron chi connectivity index (χ2n) is 10.2. The first-order valence-corrected chi connectivity index (χ1v) is 13.9. The van der Waals surface area contributed by atoms with Gasteiger partial charge in [0.15, 0.2) is 0 Å². The molecule has 11 heteroatoms. The van der Waals surface area contributed by atoms with Crippen LogP contribution in [0.15, 0.2) is 0 Å². The molecule has 34 heavy (non-hydrogen) atoms. The summed E-state index contributed by atoms with van der Waals surface area (Å²) >= 11 is 12.7. The Morgan fingerprint density at radius 3 is 2.68 bits per heavy atom. The van der Waals surface area contributed by atoms with Gasteiger partial charge in [-0.15, -0.1) is 23.2 Å². The van der Waals surface area contributed by atoms with Gasteiger partial charge >= 0.3 is 0 Å². The third kappa shape index (κ3) is 7.41. The van der Waals surface area contributed by atoms with Gasteiger partial charge in [-0.25, -0.2) is 5.43 Å². The number of rotatable bonds is 10. The van der Waals surface area contributed by atoms with Crippen molar-refractivity contribution in [3.8, 4) is 0 Å². The monoisotopic (exact) mass is 518 g/mol. The highest BCUT2D eigenvalue weighted by atomic mass is 35.5. The van der Waals surface area contributed by atoms with Gasteiger partial charge in [0.25, 0.3) is 0 Å². The number of fused-ring (bicyclic) bond motifs is 1. The Labute approximate surface area is 212 Å². The maximum absolute atomic E-state index is 12.2. The van der Waals surface area contributed by atoms with Crippen molar-refractivity contribution >= 4 is 35.0 Å². The van der Waals surface area contributed by atoms with E-state index in [0.717, 1.165) is 64.3 Å². The van der Waals surface area contributed by atoms with Gasteiger partial charge in [-0.2, -0.15) is 5.48 Å². The minimum absolute atomic E-state index is 0.0602. The summed E-state index contributed by atoms with van der Waals surface area (Å²) in [4.78, 5) is 29.9. The van der Waals surface area contributed by atoms with E-state index in [1.165, 1.54) is 6.42 Å². The molecule has 4 fully saturated rings. The Morgan fingerprint density at radius 1 is 1.06 bits per heavy atom. The van der Waals surface area contributed by atoms with Gasteiger partial charge in [-0.1, -0.05) is 12.8 Å². The van der Waals surface area contributed by atoms with Crippen LogP contribution in [-0.4, -0.2) is 54.2 Å². The highest BCUT2D eigenvalue weighted by molar-refractivity contribution is 6.23. The molecule has 2 amide bonds. The summed E-state index contributed by atoms with van der Waals surface area (Å²) in [6.45, 7) is 1.43. The third-order valence-corrected chi connectivity index (χ3v) is 8.36. The van der Waals surface area contributed by atoms with Gasteiger partial charge in [-0.05, 0) is 63.8 Å². The maximum atomic E-state index is 12.2. The number of amides is 2. The molecule has 2 saturated heterocycles. The SMILES string of the molecule is O=C(CCCC1NC(C2CC(Cl)CC(Cl)C2)NO1)NCCCNC1NNC(=O)C2CCCCC12. The quantitative estimate of drug-likeness (QED) is 0.193. The van der Waals surface area contributed by atoms with Crippen LogP contribution in [-0.2, 0) is 14.4 Å². The fourth-order valence-corrected chi connectivity index (χ4v) is 6.82. The number of hydrazine groups is 1. The average Bonchev–Trinajstić information content (AvgIpc) is 3.29. The maximum Gasteiger partial charge on any atom is 0.237 e. The second kappa shape index (κ2) is 13.0. The lowest BCUT2D eigenvalue weighted by Gasteiger charge is -2.41. The number of hydrogen-bond donors (Lipinski definition) is 6. The molecule has 2 heterocycles.